The van der Waals surface area contributed by atoms with Crippen LogP contribution in [0.1, 0.15) is 29.8 Å². The Hall–Kier alpha value is -2.60. The molecule has 1 aliphatic rings. The lowest BCUT2D eigenvalue weighted by Gasteiger charge is -2.34. The summed E-state index contributed by atoms with van der Waals surface area (Å²) < 4.78 is 6.12. The molecule has 3 aromatic rings. The maximum Gasteiger partial charge on any atom is 0.165 e. The van der Waals surface area contributed by atoms with Crippen LogP contribution in [0.4, 0.5) is 5.82 Å². The number of piperidine rings is 1. The second-order valence-corrected chi connectivity index (χ2v) is 6.82. The zero-order valence-electron chi connectivity index (χ0n) is 15.2. The number of anilines is 1. The average Bonchev–Trinajstić information content (AvgIpc) is 2.67. The minimum atomic E-state index is 0.175. The number of nitrogens with zero attached hydrogens (tertiary/aromatic N) is 5. The summed E-state index contributed by atoms with van der Waals surface area (Å²) in [6.45, 7) is 6.44. The van der Waals surface area contributed by atoms with Crippen molar-refractivity contribution >= 4 is 16.9 Å². The molecule has 4 rings (SSSR count). The van der Waals surface area contributed by atoms with Crippen LogP contribution in [-0.4, -0.2) is 39.1 Å². The van der Waals surface area contributed by atoms with Crippen LogP contribution >= 0.6 is 0 Å². The van der Waals surface area contributed by atoms with Crippen molar-refractivity contribution in [2.75, 3.05) is 18.0 Å². The highest BCUT2D eigenvalue weighted by atomic mass is 16.5. The minimum absolute atomic E-state index is 0.175. The second kappa shape index (κ2) is 7.33. The zero-order valence-corrected chi connectivity index (χ0v) is 15.2. The fraction of sp³-hybridized carbons (Fsp3) is 0.400. The number of hydrogen-bond donors (Lipinski definition) is 0. The van der Waals surface area contributed by atoms with E-state index in [0.717, 1.165) is 54.2 Å². The first kappa shape index (κ1) is 16.8. The maximum atomic E-state index is 6.12. The maximum absolute atomic E-state index is 6.12. The van der Waals surface area contributed by atoms with Crippen molar-refractivity contribution in [1.29, 1.82) is 0 Å². The monoisotopic (exact) mass is 349 g/mol. The van der Waals surface area contributed by atoms with Gasteiger partial charge in [0.25, 0.3) is 0 Å². The van der Waals surface area contributed by atoms with E-state index in [2.05, 4.69) is 37.8 Å². The third-order valence-corrected chi connectivity index (χ3v) is 4.78. The number of ether oxygens (including phenoxy) is 1. The Bertz CT molecular complexity index is 899. The molecule has 134 valence electrons. The van der Waals surface area contributed by atoms with E-state index in [0.29, 0.717) is 6.61 Å². The highest BCUT2D eigenvalue weighted by molar-refractivity contribution is 5.90. The Labute approximate surface area is 153 Å². The molecule has 0 spiro atoms. The average molecular weight is 349 g/mol. The molecule has 0 N–H and O–H groups in total. The fourth-order valence-corrected chi connectivity index (χ4v) is 3.58. The number of rotatable bonds is 4. The molecule has 0 aromatic carbocycles. The number of pyridine rings is 2. The van der Waals surface area contributed by atoms with Gasteiger partial charge in [0.05, 0.1) is 23.8 Å². The van der Waals surface area contributed by atoms with E-state index in [-0.39, 0.29) is 6.10 Å². The van der Waals surface area contributed by atoms with Crippen LogP contribution < -0.4 is 4.90 Å². The molecule has 6 nitrogen and oxygen atoms in total. The quantitative estimate of drug-likeness (QED) is 0.721. The second-order valence-electron chi connectivity index (χ2n) is 6.82. The van der Waals surface area contributed by atoms with Gasteiger partial charge in [-0.3, -0.25) is 4.98 Å². The van der Waals surface area contributed by atoms with Crippen LogP contribution in [-0.2, 0) is 11.3 Å². The van der Waals surface area contributed by atoms with E-state index in [1.807, 2.05) is 25.1 Å². The van der Waals surface area contributed by atoms with Gasteiger partial charge in [-0.25, -0.2) is 15.0 Å². The Morgan fingerprint density at radius 2 is 2.12 bits per heavy atom. The fourth-order valence-electron chi connectivity index (χ4n) is 3.58. The third-order valence-electron chi connectivity index (χ3n) is 4.78. The molecule has 26 heavy (non-hydrogen) atoms. The van der Waals surface area contributed by atoms with Gasteiger partial charge in [-0.1, -0.05) is 6.07 Å². The van der Waals surface area contributed by atoms with Crippen LogP contribution in [0.5, 0.6) is 0 Å². The van der Waals surface area contributed by atoms with Gasteiger partial charge in [0.1, 0.15) is 12.1 Å². The Kier molecular flexibility index (Phi) is 4.75. The van der Waals surface area contributed by atoms with E-state index in [9.17, 15) is 0 Å². The molecular weight excluding hydrogens is 326 g/mol. The standard InChI is InChI=1S/C20H23N5O/c1-14-10-15(2)24-19-18(14)20(23-13-22-19)25-9-5-7-17(11-25)26-12-16-6-3-4-8-21-16/h3-4,6,8,10,13,17H,5,7,9,11-12H2,1-2H3/t17-/m1/s1. The first-order valence-corrected chi connectivity index (χ1v) is 9.06. The summed E-state index contributed by atoms with van der Waals surface area (Å²) in [7, 11) is 0. The first-order valence-electron chi connectivity index (χ1n) is 9.06. The lowest BCUT2D eigenvalue weighted by Crippen LogP contribution is -2.40. The molecule has 0 aliphatic carbocycles. The molecule has 0 saturated carbocycles. The van der Waals surface area contributed by atoms with E-state index in [1.54, 1.807) is 12.5 Å². The summed E-state index contributed by atoms with van der Waals surface area (Å²) in [5.41, 5.74) is 3.88. The molecule has 0 unspecified atom stereocenters. The Balaban J connectivity index is 1.54. The molecule has 0 bridgehead atoms. The molecule has 3 aromatic heterocycles. The van der Waals surface area contributed by atoms with Crippen LogP contribution in [0.2, 0.25) is 0 Å². The van der Waals surface area contributed by atoms with Crippen molar-refractivity contribution in [2.24, 2.45) is 0 Å². The largest absolute Gasteiger partial charge is 0.370 e. The van der Waals surface area contributed by atoms with Gasteiger partial charge in [0, 0.05) is 25.0 Å². The molecule has 1 saturated heterocycles. The van der Waals surface area contributed by atoms with Gasteiger partial charge in [-0.05, 0) is 50.5 Å². The van der Waals surface area contributed by atoms with Crippen molar-refractivity contribution in [2.45, 2.75) is 39.4 Å². The predicted molar refractivity (Wildman–Crippen MR) is 101 cm³/mol. The van der Waals surface area contributed by atoms with Gasteiger partial charge in [0.15, 0.2) is 5.65 Å². The molecule has 0 amide bonds. The van der Waals surface area contributed by atoms with Crippen LogP contribution in [0.25, 0.3) is 11.0 Å². The van der Waals surface area contributed by atoms with Crippen molar-refractivity contribution in [3.8, 4) is 0 Å². The van der Waals surface area contributed by atoms with E-state index in [1.165, 1.54) is 5.56 Å². The molecule has 1 aliphatic heterocycles. The number of fused-ring (bicyclic) bond motifs is 1. The van der Waals surface area contributed by atoms with Crippen LogP contribution in [0, 0.1) is 13.8 Å². The van der Waals surface area contributed by atoms with Crippen LogP contribution in [0.15, 0.2) is 36.8 Å². The van der Waals surface area contributed by atoms with Crippen molar-refractivity contribution in [3.05, 3.63) is 53.7 Å². The molecule has 4 heterocycles. The van der Waals surface area contributed by atoms with E-state index >= 15 is 0 Å². The molecular formula is C20H23N5O. The van der Waals surface area contributed by atoms with Crippen LogP contribution in [0.3, 0.4) is 0 Å². The van der Waals surface area contributed by atoms with Crippen molar-refractivity contribution in [3.63, 3.8) is 0 Å². The molecule has 1 fully saturated rings. The molecule has 6 heteroatoms. The van der Waals surface area contributed by atoms with Crippen molar-refractivity contribution in [1.82, 2.24) is 19.9 Å². The highest BCUT2D eigenvalue weighted by Gasteiger charge is 2.24. The topological polar surface area (TPSA) is 64.0 Å². The normalized spacial score (nSPS) is 17.6. The highest BCUT2D eigenvalue weighted by Crippen LogP contribution is 2.28. The summed E-state index contributed by atoms with van der Waals surface area (Å²) in [5, 5.41) is 1.04. The van der Waals surface area contributed by atoms with Gasteiger partial charge in [-0.15, -0.1) is 0 Å². The summed E-state index contributed by atoms with van der Waals surface area (Å²) in [6, 6.07) is 8.00. The van der Waals surface area contributed by atoms with Gasteiger partial charge in [-0.2, -0.15) is 0 Å². The lowest BCUT2D eigenvalue weighted by molar-refractivity contribution is 0.0297. The summed E-state index contributed by atoms with van der Waals surface area (Å²) in [5.74, 6) is 0.964. The molecule has 1 atom stereocenters. The third kappa shape index (κ3) is 3.51. The number of aryl methyl sites for hydroxylation is 2. The van der Waals surface area contributed by atoms with Gasteiger partial charge >= 0.3 is 0 Å². The van der Waals surface area contributed by atoms with Gasteiger partial charge < -0.3 is 9.64 Å². The van der Waals surface area contributed by atoms with Gasteiger partial charge in [0.2, 0.25) is 0 Å². The smallest absolute Gasteiger partial charge is 0.165 e. The number of aromatic nitrogens is 4. The summed E-state index contributed by atoms with van der Waals surface area (Å²) in [6.07, 6.45) is 5.73. The minimum Gasteiger partial charge on any atom is -0.370 e. The van der Waals surface area contributed by atoms with E-state index < -0.39 is 0 Å². The summed E-state index contributed by atoms with van der Waals surface area (Å²) >= 11 is 0. The first-order chi connectivity index (χ1) is 12.7. The Morgan fingerprint density at radius 1 is 1.19 bits per heavy atom. The number of hydrogen-bond acceptors (Lipinski definition) is 6. The zero-order chi connectivity index (χ0) is 17.9. The lowest BCUT2D eigenvalue weighted by atomic mass is 10.1. The Morgan fingerprint density at radius 3 is 2.96 bits per heavy atom. The summed E-state index contributed by atoms with van der Waals surface area (Å²) in [4.78, 5) is 20.2. The van der Waals surface area contributed by atoms with Crippen molar-refractivity contribution < 1.29 is 4.74 Å². The van der Waals surface area contributed by atoms with E-state index in [4.69, 9.17) is 4.74 Å². The predicted octanol–water partition coefficient (Wildman–Crippen LogP) is 3.22. The molecule has 0 radical (unpaired) electrons. The SMILES string of the molecule is Cc1cc(C)c2c(N3CCC[C@@H](OCc4ccccn4)C3)ncnc2n1.